The van der Waals surface area contributed by atoms with Gasteiger partial charge in [0.1, 0.15) is 25.3 Å². The Bertz CT molecular complexity index is 3600. The van der Waals surface area contributed by atoms with Gasteiger partial charge in [0.15, 0.2) is 17.6 Å². The molecule has 1 fully saturated rings. The fraction of sp³-hybridized carbons (Fsp3) is 0.580. The lowest BCUT2D eigenvalue weighted by molar-refractivity contribution is -0.157. The number of rotatable bonds is 46. The molecule has 1 saturated heterocycles. The quantitative estimate of drug-likeness (QED) is 0.0167. The fourth-order valence-corrected chi connectivity index (χ4v) is 12.2. The van der Waals surface area contributed by atoms with Gasteiger partial charge in [0, 0.05) is 72.4 Å². The molecule has 2 unspecified atom stereocenters. The Morgan fingerprint density at radius 2 is 1.28 bits per heavy atom. The minimum atomic E-state index is -1.63. The fourth-order valence-electron chi connectivity index (χ4n) is 11.0. The Morgan fingerprint density at radius 1 is 0.676 bits per heavy atom. The molecular weight excluding hydrogens is 1350 g/mol. The highest BCUT2D eigenvalue weighted by molar-refractivity contribution is 8.01. The summed E-state index contributed by atoms with van der Waals surface area (Å²) in [6.07, 6.45) is -0.958. The van der Waals surface area contributed by atoms with Gasteiger partial charge < -0.3 is 98.4 Å². The van der Waals surface area contributed by atoms with Crippen molar-refractivity contribution in [2.45, 2.75) is 122 Å². The Morgan fingerprint density at radius 3 is 1.90 bits per heavy atom. The molecule has 0 bridgehead atoms. The van der Waals surface area contributed by atoms with Crippen molar-refractivity contribution in [1.82, 2.24) is 41.0 Å². The van der Waals surface area contributed by atoms with Gasteiger partial charge in [-0.3, -0.25) is 43.3 Å². The number of thioether (sulfide) groups is 1. The zero-order valence-corrected chi connectivity index (χ0v) is 59.0. The van der Waals surface area contributed by atoms with Crippen molar-refractivity contribution in [3.63, 3.8) is 0 Å². The van der Waals surface area contributed by atoms with E-state index < -0.39 is 66.0 Å². The molecule has 4 aliphatic heterocycles. The second-order valence-electron chi connectivity index (χ2n) is 24.6. The molecule has 32 nitrogen and oxygen atoms in total. The average molecular weight is 1450 g/mol. The number of ether oxygens (including phenoxy) is 12. The van der Waals surface area contributed by atoms with Crippen LogP contribution in [0.1, 0.15) is 101 Å². The minimum Gasteiger partial charge on any atom is -0.458 e. The van der Waals surface area contributed by atoms with Crippen molar-refractivity contribution >= 4 is 81.8 Å². The van der Waals surface area contributed by atoms with Crippen LogP contribution in [-0.2, 0) is 112 Å². The van der Waals surface area contributed by atoms with E-state index in [1.165, 1.54) is 28.2 Å². The summed E-state index contributed by atoms with van der Waals surface area (Å²) in [5.74, 6) is -2.75. The predicted molar refractivity (Wildman–Crippen MR) is 367 cm³/mol. The summed E-state index contributed by atoms with van der Waals surface area (Å²) >= 11 is 1.51. The molecule has 0 aliphatic carbocycles. The molecule has 0 radical (unpaired) electrons. The van der Waals surface area contributed by atoms with Crippen LogP contribution in [-0.4, -0.2) is 228 Å². The van der Waals surface area contributed by atoms with Crippen LogP contribution in [0.15, 0.2) is 47.3 Å². The number of esters is 1. The number of carbonyl (C=O) groups excluding carboxylic acids is 9. The number of carbonyl (C=O) groups is 9. The number of aliphatic hydroxyl groups excluding tert-OH is 1. The molecule has 558 valence electrons. The van der Waals surface area contributed by atoms with Gasteiger partial charge in [0.05, 0.1) is 147 Å². The molecule has 8 amide bonds. The van der Waals surface area contributed by atoms with E-state index >= 15 is 0 Å². The second-order valence-corrected chi connectivity index (χ2v) is 26.2. The summed E-state index contributed by atoms with van der Waals surface area (Å²) in [4.78, 5) is 134. The highest BCUT2D eigenvalue weighted by Gasteiger charge is 2.40. The number of benzene rings is 2. The van der Waals surface area contributed by atoms with Gasteiger partial charge in [-0.05, 0) is 61.1 Å². The maximum absolute atomic E-state index is 13.7. The number of likely N-dealkylation sites (tertiary alicyclic amines) is 1. The van der Waals surface area contributed by atoms with Crippen molar-refractivity contribution < 1.29 is 105 Å². The van der Waals surface area contributed by atoms with E-state index in [0.717, 1.165) is 6.42 Å². The Labute approximate surface area is 594 Å². The smallest absolute Gasteiger partial charge is 0.407 e. The van der Waals surface area contributed by atoms with Gasteiger partial charge in [-0.1, -0.05) is 39.8 Å². The summed E-state index contributed by atoms with van der Waals surface area (Å²) in [6.45, 7) is 14.4. The third-order valence-corrected chi connectivity index (χ3v) is 18.0. The molecular formula is C69H93N9O23S. The molecule has 5 atom stereocenters. The number of hydrogen-bond acceptors (Lipinski definition) is 25. The number of nitrogens with zero attached hydrogens (tertiary/aromatic N) is 3. The number of aromatic nitrogens is 2. The van der Waals surface area contributed by atoms with Crippen LogP contribution in [0.5, 0.6) is 11.5 Å². The third-order valence-electron chi connectivity index (χ3n) is 16.5. The highest BCUT2D eigenvalue weighted by atomic mass is 32.2. The van der Waals surface area contributed by atoms with E-state index in [4.69, 9.17) is 61.8 Å². The van der Waals surface area contributed by atoms with Crippen LogP contribution in [0, 0.1) is 5.92 Å². The summed E-state index contributed by atoms with van der Waals surface area (Å²) in [5.41, 5.74) is 3.43. The van der Waals surface area contributed by atoms with Crippen LogP contribution in [0.25, 0.3) is 22.3 Å². The molecule has 33 heteroatoms. The largest absolute Gasteiger partial charge is 0.458 e. The third kappa shape index (κ3) is 24.1. The molecule has 6 heterocycles. The Kier molecular flexibility index (Phi) is 31.9. The molecule has 0 spiro atoms. The number of anilines is 1. The lowest BCUT2D eigenvalue weighted by Crippen LogP contribution is -2.53. The number of alkyl carbamates (subject to hydrolysis) is 1. The number of aliphatic hydroxyl groups is 1. The van der Waals surface area contributed by atoms with Crippen LogP contribution in [0.4, 0.5) is 10.5 Å². The number of hydrogen-bond donors (Lipinski definition) is 7. The molecule has 2 aromatic heterocycles. The van der Waals surface area contributed by atoms with Gasteiger partial charge in [-0.15, -0.1) is 11.8 Å². The summed E-state index contributed by atoms with van der Waals surface area (Å²) < 4.78 is 67.4. The van der Waals surface area contributed by atoms with Crippen LogP contribution >= 0.6 is 11.8 Å². The maximum Gasteiger partial charge on any atom is 0.407 e. The van der Waals surface area contributed by atoms with E-state index in [-0.39, 0.29) is 124 Å². The Balaban J connectivity index is 0.592. The molecule has 8 rings (SSSR count). The number of fused-ring (bicyclic) bond motifs is 6. The maximum atomic E-state index is 13.7. The van der Waals surface area contributed by atoms with Crippen molar-refractivity contribution in [1.29, 1.82) is 0 Å². The number of pyridine rings is 2. The monoisotopic (exact) mass is 1450 g/mol. The van der Waals surface area contributed by atoms with E-state index in [2.05, 4.69) is 31.9 Å². The van der Waals surface area contributed by atoms with Crippen molar-refractivity contribution in [3.05, 3.63) is 80.6 Å². The van der Waals surface area contributed by atoms with Crippen LogP contribution in [0.3, 0.4) is 0 Å². The van der Waals surface area contributed by atoms with Gasteiger partial charge in [0.25, 0.3) is 5.56 Å². The first-order chi connectivity index (χ1) is 49.3. The first-order valence-corrected chi connectivity index (χ1v) is 35.1. The minimum absolute atomic E-state index is 0.0108. The lowest BCUT2D eigenvalue weighted by atomic mass is 9.98. The SMILES string of the molecule is CCC(C)SC1CC(=O)N(CCC(=O)NCCOCCOCCOCCOCCOCCOCCOCCOCCC(=O)N[C@H](CC(C)C)C(=O)N[C@@H](C)C(=O)NCC(=O)Nc2ccc(COC(=O)NCc3c4c(nc5cc6c(cc35)OCO6)-c3cc5c(c(=O)n3C4)COC(=O)[C@H]5O)cc2)C1=O. The van der Waals surface area contributed by atoms with Gasteiger partial charge in [-0.25, -0.2) is 14.6 Å². The second kappa shape index (κ2) is 41.1. The van der Waals surface area contributed by atoms with Gasteiger partial charge in [0.2, 0.25) is 48.1 Å². The van der Waals surface area contributed by atoms with Crippen LogP contribution < -0.4 is 46.9 Å². The number of nitrogens with one attached hydrogen (secondary N) is 6. The number of amides is 8. The van der Waals surface area contributed by atoms with E-state index in [1.54, 1.807) is 42.5 Å². The van der Waals surface area contributed by atoms with E-state index in [1.807, 2.05) is 27.7 Å². The standard InChI is InChI=1S/C69H93N9O23S/c1-6-43(4)102-57-35-61(82)77(67(57)87)14-11-58(79)70-13-16-91-18-20-93-22-24-95-26-28-97-30-29-96-27-25-94-23-21-92-19-17-90-15-12-59(80)75-53(31-42(2)3)65(85)73-44(5)64(84)71-37-60(81)74-46-9-7-45(8-10-46)39-99-69(89)72-36-49-47-33-55-56(101-41-100-55)34-52(47)76-62-50(49)38-78-54(62)32-48-51(66(78)86)40-98-68(88)63(48)83/h7-10,32-34,42-44,53,57,63,83H,6,11-31,35-41H2,1-5H3,(H,70,79)(H,71,84)(H,72,89)(H,73,85)(H,74,81)(H,75,80)/t43?,44-,53+,57?,63-/m0/s1. The number of cyclic esters (lactones) is 1. The van der Waals surface area contributed by atoms with E-state index in [0.29, 0.717) is 155 Å². The molecule has 0 saturated carbocycles. The summed E-state index contributed by atoms with van der Waals surface area (Å²) in [5, 5.41) is 27.2. The molecule has 4 aromatic rings. The zero-order valence-electron chi connectivity index (χ0n) is 58.2. The molecule has 102 heavy (non-hydrogen) atoms. The molecule has 7 N–H and O–H groups in total. The molecule has 4 aliphatic rings. The van der Waals surface area contributed by atoms with Crippen molar-refractivity contribution in [2.75, 3.05) is 137 Å². The normalized spacial score (nSPS) is 15.9. The highest BCUT2D eigenvalue weighted by Crippen LogP contribution is 2.42. The van der Waals surface area contributed by atoms with Gasteiger partial charge >= 0.3 is 12.1 Å². The topological polar surface area (TPSA) is 395 Å². The van der Waals surface area contributed by atoms with E-state index in [9.17, 15) is 53.1 Å². The lowest BCUT2D eigenvalue weighted by Gasteiger charge is -2.22. The first-order valence-electron chi connectivity index (χ1n) is 34.2. The zero-order chi connectivity index (χ0) is 72.9. The predicted octanol–water partition coefficient (Wildman–Crippen LogP) is 2.45. The summed E-state index contributed by atoms with van der Waals surface area (Å²) in [6, 6.07) is 9.50. The van der Waals surface area contributed by atoms with Crippen molar-refractivity contribution in [2.24, 2.45) is 5.92 Å². The Hall–Kier alpha value is -8.38. The molecule has 2 aromatic carbocycles. The number of imide groups is 1. The average Bonchev–Trinajstić information content (AvgIpc) is 1.56. The van der Waals surface area contributed by atoms with Crippen LogP contribution in [0.2, 0.25) is 0 Å². The summed E-state index contributed by atoms with van der Waals surface area (Å²) in [7, 11) is 0. The van der Waals surface area contributed by atoms with Gasteiger partial charge in [-0.2, -0.15) is 0 Å². The first kappa shape index (κ1) is 79.3. The van der Waals surface area contributed by atoms with Crippen molar-refractivity contribution in [3.8, 4) is 22.9 Å².